The van der Waals surface area contributed by atoms with Crippen molar-refractivity contribution in [2.45, 2.75) is 40.4 Å². The van der Waals surface area contributed by atoms with Gasteiger partial charge in [0, 0.05) is 54.9 Å². The van der Waals surface area contributed by atoms with Gasteiger partial charge in [0.25, 0.3) is 0 Å². The van der Waals surface area contributed by atoms with Gasteiger partial charge in [-0.2, -0.15) is 0 Å². The normalized spacial score (nSPS) is 11.4. The lowest BCUT2D eigenvalue weighted by Gasteiger charge is -2.18. The molecule has 47 heavy (non-hydrogen) atoms. The van der Waals surface area contributed by atoms with Gasteiger partial charge in [0.2, 0.25) is 5.43 Å². The summed E-state index contributed by atoms with van der Waals surface area (Å²) in [4.78, 5) is 45.0. The minimum Gasteiger partial charge on any atom is -0.334 e. The summed E-state index contributed by atoms with van der Waals surface area (Å²) in [6.45, 7) is 6.65. The van der Waals surface area contributed by atoms with Crippen molar-refractivity contribution in [3.63, 3.8) is 0 Å². The van der Waals surface area contributed by atoms with Crippen LogP contribution < -0.4 is 10.7 Å². The predicted molar refractivity (Wildman–Crippen MR) is 185 cm³/mol. The summed E-state index contributed by atoms with van der Waals surface area (Å²) >= 11 is 1.34. The van der Waals surface area contributed by atoms with Gasteiger partial charge in [0.05, 0.1) is 17.5 Å². The molecule has 10 heteroatoms. The molecule has 0 saturated heterocycles. The van der Waals surface area contributed by atoms with E-state index in [9.17, 15) is 23.2 Å². The molecule has 5 rings (SSSR count). The number of nitrogens with zero attached hydrogens (tertiary/aromatic N) is 3. The van der Waals surface area contributed by atoms with E-state index in [1.807, 2.05) is 56.4 Å². The smallest absolute Gasteiger partial charge is 0.321 e. The Kier molecular flexibility index (Phi) is 10.3. The molecule has 0 aliphatic heterocycles. The standard InChI is InChI=1S/C37H38F2N4O3S/c1-6-42(5)37(46)40-26-17-15-25(16-18-26)35-28(20-41(4)19-24-11-8-7-9-12-24)32-34(45)29(33(44)23(2)3)22-43(36(32)47-35)21-27-30(38)13-10-14-31(27)39/h7-18,22-23H,6,19-21H2,1-5H3,(H,40,46). The number of urea groups is 1. The van der Waals surface area contributed by atoms with E-state index >= 15 is 0 Å². The molecule has 1 N–H and O–H groups in total. The number of rotatable bonds is 11. The molecular weight excluding hydrogens is 618 g/mol. The molecule has 0 radical (unpaired) electrons. The number of amides is 2. The van der Waals surface area contributed by atoms with Crippen molar-refractivity contribution in [1.29, 1.82) is 0 Å². The maximum atomic E-state index is 14.9. The Bertz CT molecular complexity index is 1950. The van der Waals surface area contributed by atoms with Crippen LogP contribution in [0.15, 0.2) is 83.8 Å². The number of hydrogen-bond donors (Lipinski definition) is 1. The molecule has 0 atom stereocenters. The SMILES string of the molecule is CCN(C)C(=O)Nc1ccc(-c2sc3c(c2CN(C)Cc2ccccc2)c(=O)c(C(=O)C(C)C)cn3Cc2c(F)cccc2F)cc1. The first-order chi connectivity index (χ1) is 22.5. The molecule has 244 valence electrons. The van der Waals surface area contributed by atoms with Gasteiger partial charge in [-0.05, 0) is 54.9 Å². The number of Topliss-reactive ketones (excluding diaryl/α,β-unsaturated/α-hetero) is 1. The monoisotopic (exact) mass is 656 g/mol. The Hall–Kier alpha value is -4.67. The van der Waals surface area contributed by atoms with Gasteiger partial charge in [0.15, 0.2) is 5.78 Å². The maximum absolute atomic E-state index is 14.9. The van der Waals surface area contributed by atoms with Crippen LogP contribution in [0.4, 0.5) is 19.3 Å². The van der Waals surface area contributed by atoms with E-state index in [1.54, 1.807) is 42.5 Å². The number of nitrogens with one attached hydrogen (secondary N) is 1. The Morgan fingerprint density at radius 2 is 1.55 bits per heavy atom. The first kappa shape index (κ1) is 33.7. The third-order valence-electron chi connectivity index (χ3n) is 8.13. The van der Waals surface area contributed by atoms with Crippen LogP contribution in [-0.4, -0.2) is 46.8 Å². The number of carbonyl (C=O) groups is 2. The second-order valence-electron chi connectivity index (χ2n) is 12.0. The summed E-state index contributed by atoms with van der Waals surface area (Å²) in [5.41, 5.74) is 2.65. The highest BCUT2D eigenvalue weighted by molar-refractivity contribution is 7.22. The van der Waals surface area contributed by atoms with E-state index < -0.39 is 23.0 Å². The van der Waals surface area contributed by atoms with Crippen LogP contribution in [0.5, 0.6) is 0 Å². The van der Waals surface area contributed by atoms with Gasteiger partial charge >= 0.3 is 6.03 Å². The van der Waals surface area contributed by atoms with Crippen LogP contribution in [0.25, 0.3) is 20.7 Å². The molecule has 0 unspecified atom stereocenters. The quantitative estimate of drug-likeness (QED) is 0.146. The lowest BCUT2D eigenvalue weighted by Crippen LogP contribution is -2.30. The van der Waals surface area contributed by atoms with Crippen LogP contribution in [0.2, 0.25) is 0 Å². The zero-order valence-corrected chi connectivity index (χ0v) is 28.0. The predicted octanol–water partition coefficient (Wildman–Crippen LogP) is 8.01. The number of anilines is 1. The number of halogens is 2. The lowest BCUT2D eigenvalue weighted by atomic mass is 9.99. The van der Waals surface area contributed by atoms with Crippen molar-refractivity contribution >= 4 is 39.1 Å². The van der Waals surface area contributed by atoms with Gasteiger partial charge in [-0.3, -0.25) is 14.5 Å². The summed E-state index contributed by atoms with van der Waals surface area (Å²) in [5, 5.41) is 3.23. The first-order valence-corrected chi connectivity index (χ1v) is 16.3. The van der Waals surface area contributed by atoms with E-state index in [0.717, 1.165) is 21.6 Å². The summed E-state index contributed by atoms with van der Waals surface area (Å²) in [6, 6.07) is 20.8. The third kappa shape index (κ3) is 7.34. The zero-order valence-electron chi connectivity index (χ0n) is 27.1. The molecule has 0 fully saturated rings. The van der Waals surface area contributed by atoms with Crippen molar-refractivity contribution in [1.82, 2.24) is 14.4 Å². The zero-order chi connectivity index (χ0) is 33.8. The average Bonchev–Trinajstić information content (AvgIpc) is 3.43. The number of benzene rings is 3. The van der Waals surface area contributed by atoms with E-state index in [0.29, 0.717) is 35.5 Å². The van der Waals surface area contributed by atoms with Crippen molar-refractivity contribution in [2.75, 3.05) is 26.0 Å². The molecule has 0 saturated carbocycles. The Labute approximate surface area is 277 Å². The molecule has 0 bridgehead atoms. The molecule has 0 aliphatic rings. The third-order valence-corrected chi connectivity index (χ3v) is 9.45. The minimum absolute atomic E-state index is 0.0151. The highest BCUT2D eigenvalue weighted by Crippen LogP contribution is 2.39. The van der Waals surface area contributed by atoms with Gasteiger partial charge in [0.1, 0.15) is 16.5 Å². The van der Waals surface area contributed by atoms with E-state index in [4.69, 9.17) is 0 Å². The summed E-state index contributed by atoms with van der Waals surface area (Å²) in [7, 11) is 3.67. The fourth-order valence-corrected chi connectivity index (χ4v) is 6.72. The Morgan fingerprint density at radius 1 is 0.894 bits per heavy atom. The number of fused-ring (bicyclic) bond motifs is 1. The number of aromatic nitrogens is 1. The number of pyridine rings is 1. The van der Waals surface area contributed by atoms with Crippen LogP contribution in [0.1, 0.15) is 47.8 Å². The van der Waals surface area contributed by atoms with Gasteiger partial charge < -0.3 is 14.8 Å². The molecule has 5 aromatic rings. The number of hydrogen-bond acceptors (Lipinski definition) is 5. The molecule has 3 aromatic carbocycles. The van der Waals surface area contributed by atoms with Gasteiger partial charge in [-0.25, -0.2) is 13.6 Å². The Morgan fingerprint density at radius 3 is 2.17 bits per heavy atom. The highest BCUT2D eigenvalue weighted by atomic mass is 32.1. The minimum atomic E-state index is -0.709. The van der Waals surface area contributed by atoms with Crippen LogP contribution >= 0.6 is 11.3 Å². The van der Waals surface area contributed by atoms with E-state index in [-0.39, 0.29) is 29.5 Å². The fourth-order valence-electron chi connectivity index (χ4n) is 5.43. The van der Waals surface area contributed by atoms with Crippen molar-refractivity contribution in [3.05, 3.63) is 123 Å². The lowest BCUT2D eigenvalue weighted by molar-refractivity contribution is 0.0937. The summed E-state index contributed by atoms with van der Waals surface area (Å²) < 4.78 is 31.5. The fraction of sp³-hybridized carbons (Fsp3) is 0.270. The largest absolute Gasteiger partial charge is 0.334 e. The highest BCUT2D eigenvalue weighted by Gasteiger charge is 2.26. The molecule has 2 heterocycles. The first-order valence-electron chi connectivity index (χ1n) is 15.5. The number of ketones is 1. The second kappa shape index (κ2) is 14.4. The van der Waals surface area contributed by atoms with E-state index in [1.165, 1.54) is 35.7 Å². The van der Waals surface area contributed by atoms with Crippen LogP contribution in [0, 0.1) is 17.6 Å². The van der Waals surface area contributed by atoms with Crippen LogP contribution in [0.3, 0.4) is 0 Å². The average molecular weight is 657 g/mol. The van der Waals surface area contributed by atoms with Crippen molar-refractivity contribution in [2.24, 2.45) is 5.92 Å². The number of thiophene rings is 1. The molecule has 2 amide bonds. The summed E-state index contributed by atoms with van der Waals surface area (Å²) in [5.74, 6) is -2.22. The van der Waals surface area contributed by atoms with Crippen LogP contribution in [-0.2, 0) is 19.6 Å². The van der Waals surface area contributed by atoms with Crippen molar-refractivity contribution < 1.29 is 18.4 Å². The van der Waals surface area contributed by atoms with Crippen molar-refractivity contribution in [3.8, 4) is 10.4 Å². The molecule has 0 spiro atoms. The number of carbonyl (C=O) groups excluding carboxylic acids is 2. The summed E-state index contributed by atoms with van der Waals surface area (Å²) in [6.07, 6.45) is 1.44. The molecule has 7 nitrogen and oxygen atoms in total. The molecular formula is C37H38F2N4O3S. The van der Waals surface area contributed by atoms with Gasteiger partial charge in [-0.15, -0.1) is 11.3 Å². The van der Waals surface area contributed by atoms with E-state index in [2.05, 4.69) is 10.2 Å². The topological polar surface area (TPSA) is 74.7 Å². The molecule has 2 aromatic heterocycles. The molecule has 0 aliphatic carbocycles. The Balaban J connectivity index is 1.70. The maximum Gasteiger partial charge on any atom is 0.321 e. The second-order valence-corrected chi connectivity index (χ2v) is 13.0. The van der Waals surface area contributed by atoms with Gasteiger partial charge in [-0.1, -0.05) is 62.4 Å².